The van der Waals surface area contributed by atoms with Gasteiger partial charge in [-0.05, 0) is 28.4 Å². The number of nitrogens with two attached hydrogens (primary N) is 1. The number of thiophene rings is 1. The lowest BCUT2D eigenvalue weighted by Gasteiger charge is -2.02. The van der Waals surface area contributed by atoms with Gasteiger partial charge in [0, 0.05) is 10.9 Å². The lowest BCUT2D eigenvalue weighted by atomic mass is 10.2. The van der Waals surface area contributed by atoms with Crippen LogP contribution in [0, 0.1) is 0 Å². The van der Waals surface area contributed by atoms with Crippen LogP contribution in [0.15, 0.2) is 9.85 Å². The van der Waals surface area contributed by atoms with Crippen LogP contribution in [0.4, 0.5) is 0 Å². The van der Waals surface area contributed by atoms with Gasteiger partial charge in [0.2, 0.25) is 0 Å². The van der Waals surface area contributed by atoms with E-state index in [2.05, 4.69) is 22.9 Å². The molecule has 11 heavy (non-hydrogen) atoms. The Kier molecular flexibility index (Phi) is 3.37. The Morgan fingerprint density at radius 2 is 2.45 bits per heavy atom. The van der Waals surface area contributed by atoms with Crippen LogP contribution < -0.4 is 5.73 Å². The number of hydrogen-bond donors (Lipinski definition) is 1. The molecule has 0 aliphatic carbocycles. The lowest BCUT2D eigenvalue weighted by Crippen LogP contribution is -2.05. The average Bonchev–Trinajstić information content (AvgIpc) is 2.31. The zero-order valence-corrected chi connectivity index (χ0v) is 9.26. The molecule has 1 heterocycles. The molecule has 0 amide bonds. The normalized spacial score (nSPS) is 13.5. The van der Waals surface area contributed by atoms with E-state index in [0.717, 1.165) is 20.1 Å². The minimum Gasteiger partial charge on any atom is -0.323 e. The standard InChI is InChI=1S/C7H9BrClNS/c1-2-5(10)6-3-4(9)7(8)11-6/h3,5H,2,10H2,1H3. The quantitative estimate of drug-likeness (QED) is 0.858. The molecule has 0 bridgehead atoms. The second-order valence-corrected chi connectivity index (χ2v) is 5.09. The van der Waals surface area contributed by atoms with Crippen LogP contribution in [0.3, 0.4) is 0 Å². The number of hydrogen-bond acceptors (Lipinski definition) is 2. The zero-order chi connectivity index (χ0) is 8.43. The molecular weight excluding hydrogens is 246 g/mol. The Morgan fingerprint density at radius 1 is 1.82 bits per heavy atom. The van der Waals surface area contributed by atoms with Crippen molar-refractivity contribution in [2.75, 3.05) is 0 Å². The SMILES string of the molecule is CCC(N)c1cc(Cl)c(Br)s1. The van der Waals surface area contributed by atoms with Gasteiger partial charge in [-0.1, -0.05) is 18.5 Å². The molecule has 0 aliphatic rings. The second-order valence-electron chi connectivity index (χ2n) is 2.29. The van der Waals surface area contributed by atoms with Crippen molar-refractivity contribution in [3.8, 4) is 0 Å². The monoisotopic (exact) mass is 253 g/mol. The maximum Gasteiger partial charge on any atom is 0.0887 e. The van der Waals surface area contributed by atoms with Crippen molar-refractivity contribution < 1.29 is 0 Å². The fourth-order valence-electron chi connectivity index (χ4n) is 0.747. The first-order chi connectivity index (χ1) is 5.15. The predicted molar refractivity (Wildman–Crippen MR) is 54.2 cm³/mol. The highest BCUT2D eigenvalue weighted by Gasteiger charge is 2.09. The fraction of sp³-hybridized carbons (Fsp3) is 0.429. The van der Waals surface area contributed by atoms with E-state index in [1.807, 2.05) is 6.07 Å². The maximum absolute atomic E-state index is 5.84. The minimum absolute atomic E-state index is 0.129. The summed E-state index contributed by atoms with van der Waals surface area (Å²) < 4.78 is 0.970. The van der Waals surface area contributed by atoms with E-state index in [-0.39, 0.29) is 6.04 Å². The lowest BCUT2D eigenvalue weighted by molar-refractivity contribution is 0.712. The minimum atomic E-state index is 0.129. The van der Waals surface area contributed by atoms with Crippen molar-refractivity contribution in [2.45, 2.75) is 19.4 Å². The van der Waals surface area contributed by atoms with Crippen molar-refractivity contribution in [3.63, 3.8) is 0 Å². The van der Waals surface area contributed by atoms with E-state index in [4.69, 9.17) is 17.3 Å². The molecule has 0 saturated heterocycles. The predicted octanol–water partition coefficient (Wildman–Crippen LogP) is 3.57. The Labute approximate surface area is 83.7 Å². The summed E-state index contributed by atoms with van der Waals surface area (Å²) in [4.78, 5) is 1.14. The molecule has 0 aromatic carbocycles. The van der Waals surface area contributed by atoms with Crippen molar-refractivity contribution in [1.82, 2.24) is 0 Å². The summed E-state index contributed by atoms with van der Waals surface area (Å²) in [5.74, 6) is 0. The highest BCUT2D eigenvalue weighted by molar-refractivity contribution is 9.11. The van der Waals surface area contributed by atoms with Crippen LogP contribution in [0.25, 0.3) is 0 Å². The summed E-state index contributed by atoms with van der Waals surface area (Å²) in [5, 5.41) is 0.758. The topological polar surface area (TPSA) is 26.0 Å². The third-order valence-corrected chi connectivity index (χ3v) is 4.08. The van der Waals surface area contributed by atoms with Gasteiger partial charge in [-0.15, -0.1) is 11.3 Å². The molecular formula is C7H9BrClNS. The molecule has 1 rings (SSSR count). The van der Waals surface area contributed by atoms with Crippen LogP contribution >= 0.6 is 38.9 Å². The third-order valence-electron chi connectivity index (χ3n) is 1.47. The Bertz CT molecular complexity index is 229. The summed E-state index contributed by atoms with van der Waals surface area (Å²) in [7, 11) is 0. The highest BCUT2D eigenvalue weighted by atomic mass is 79.9. The van der Waals surface area contributed by atoms with Gasteiger partial charge in [-0.3, -0.25) is 0 Å². The van der Waals surface area contributed by atoms with Gasteiger partial charge in [0.1, 0.15) is 0 Å². The van der Waals surface area contributed by atoms with E-state index in [9.17, 15) is 0 Å². The first-order valence-corrected chi connectivity index (χ1v) is 5.34. The molecule has 62 valence electrons. The van der Waals surface area contributed by atoms with Gasteiger partial charge in [-0.25, -0.2) is 0 Å². The molecule has 0 fully saturated rings. The van der Waals surface area contributed by atoms with Crippen LogP contribution in [0.5, 0.6) is 0 Å². The van der Waals surface area contributed by atoms with Crippen molar-refractivity contribution in [2.24, 2.45) is 5.73 Å². The van der Waals surface area contributed by atoms with Crippen LogP contribution in [-0.2, 0) is 0 Å². The van der Waals surface area contributed by atoms with E-state index < -0.39 is 0 Å². The number of halogens is 2. The summed E-state index contributed by atoms with van der Waals surface area (Å²) in [5.41, 5.74) is 5.81. The van der Waals surface area contributed by atoms with Gasteiger partial charge in [0.05, 0.1) is 8.81 Å². The molecule has 1 aromatic rings. The smallest absolute Gasteiger partial charge is 0.0887 e. The van der Waals surface area contributed by atoms with Crippen molar-refractivity contribution in [1.29, 1.82) is 0 Å². The molecule has 2 N–H and O–H groups in total. The summed E-state index contributed by atoms with van der Waals surface area (Å²) in [6, 6.07) is 2.05. The van der Waals surface area contributed by atoms with E-state index in [0.29, 0.717) is 0 Å². The summed E-state index contributed by atoms with van der Waals surface area (Å²) in [6.07, 6.45) is 0.948. The number of rotatable bonds is 2. The van der Waals surface area contributed by atoms with Crippen LogP contribution in [-0.4, -0.2) is 0 Å². The van der Waals surface area contributed by atoms with Gasteiger partial charge in [0.15, 0.2) is 0 Å². The van der Waals surface area contributed by atoms with Gasteiger partial charge < -0.3 is 5.73 Å². The maximum atomic E-state index is 5.84. The Hall–Kier alpha value is 0.430. The van der Waals surface area contributed by atoms with Crippen molar-refractivity contribution >= 4 is 38.9 Å². The van der Waals surface area contributed by atoms with Crippen molar-refractivity contribution in [3.05, 3.63) is 19.8 Å². The fourth-order valence-corrected chi connectivity index (χ4v) is 2.58. The Morgan fingerprint density at radius 3 is 2.82 bits per heavy atom. The van der Waals surface area contributed by atoms with Gasteiger partial charge >= 0.3 is 0 Å². The zero-order valence-electron chi connectivity index (χ0n) is 6.10. The molecule has 1 unspecified atom stereocenters. The van der Waals surface area contributed by atoms with E-state index >= 15 is 0 Å². The molecule has 0 saturated carbocycles. The summed E-state index contributed by atoms with van der Waals surface area (Å²) in [6.45, 7) is 2.06. The van der Waals surface area contributed by atoms with Crippen LogP contribution in [0.2, 0.25) is 5.02 Å². The molecule has 4 heteroatoms. The molecule has 1 nitrogen and oxygen atoms in total. The average molecular weight is 255 g/mol. The van der Waals surface area contributed by atoms with Gasteiger partial charge in [0.25, 0.3) is 0 Å². The third kappa shape index (κ3) is 2.18. The van der Waals surface area contributed by atoms with Gasteiger partial charge in [-0.2, -0.15) is 0 Å². The first kappa shape index (κ1) is 9.52. The molecule has 0 spiro atoms. The second kappa shape index (κ2) is 3.90. The molecule has 1 aromatic heterocycles. The highest BCUT2D eigenvalue weighted by Crippen LogP contribution is 2.35. The Balaban J connectivity index is 2.88. The van der Waals surface area contributed by atoms with Crippen LogP contribution in [0.1, 0.15) is 24.3 Å². The molecule has 0 radical (unpaired) electrons. The first-order valence-electron chi connectivity index (χ1n) is 3.35. The molecule has 1 atom stereocenters. The largest absolute Gasteiger partial charge is 0.323 e. The van der Waals surface area contributed by atoms with E-state index in [1.54, 1.807) is 11.3 Å². The van der Waals surface area contributed by atoms with E-state index in [1.165, 1.54) is 0 Å². The molecule has 0 aliphatic heterocycles. The summed E-state index contributed by atoms with van der Waals surface area (Å²) >= 11 is 10.8.